The number of Topliss-reactive ketones (excluding diaryl/α,β-unsaturated/α-hetero) is 2. The van der Waals surface area contributed by atoms with Crippen molar-refractivity contribution in [1.29, 1.82) is 21.0 Å². The predicted molar refractivity (Wildman–Crippen MR) is 251 cm³/mol. The lowest BCUT2D eigenvalue weighted by Crippen LogP contribution is -2.37. The van der Waals surface area contributed by atoms with Gasteiger partial charge in [0.05, 0.1) is 28.9 Å². The number of carbonyl (C=O) groups excluding carboxylic acids is 2. The molecule has 12 rings (SSSR count). The lowest BCUT2D eigenvalue weighted by atomic mass is 9.78. The minimum atomic E-state index is -1.21. The van der Waals surface area contributed by atoms with Gasteiger partial charge in [-0.3, -0.25) is 9.59 Å². The molecule has 6 aromatic rings. The standard InChI is InChI=1S/C52H28F4N4O4S4/c53-35-15-27-29(17-37(35)55)41(61)31(39(27)23(19-57)20-58)11-25-13-33-45(65-25)47-43(63-51(33)7-3-1-4-8-51)49-50(67-47)44-48(68-49)46-34(52(64-44)9-5-2-6-10-52)14-26(66-46)12-32-40(24(21-59)22-60)28-16-36(54)38(56)18-30(28)42(32)62/h11-18H,1-10H2/b31-11-,32-12-. The van der Waals surface area contributed by atoms with Crippen LogP contribution in [0.2, 0.25) is 0 Å². The quantitative estimate of drug-likeness (QED) is 0.0946. The van der Waals surface area contributed by atoms with E-state index in [1.807, 2.05) is 36.4 Å². The van der Waals surface area contributed by atoms with Crippen molar-refractivity contribution in [2.24, 2.45) is 0 Å². The number of thiophene rings is 4. The Balaban J connectivity index is 1.01. The van der Waals surface area contributed by atoms with Crippen molar-refractivity contribution in [2.45, 2.75) is 75.4 Å². The van der Waals surface area contributed by atoms with Gasteiger partial charge in [0, 0.05) is 54.3 Å². The van der Waals surface area contributed by atoms with Gasteiger partial charge in [0.2, 0.25) is 0 Å². The topological polar surface area (TPSA) is 148 Å². The third kappa shape index (κ3) is 5.95. The van der Waals surface area contributed by atoms with E-state index in [2.05, 4.69) is 0 Å². The van der Waals surface area contributed by atoms with E-state index >= 15 is 0 Å². The molecule has 0 saturated heterocycles. The fraction of sp³-hybridized carbons (Fsp3) is 0.231. The highest BCUT2D eigenvalue weighted by Crippen LogP contribution is 2.66. The Morgan fingerprint density at radius 2 is 0.853 bits per heavy atom. The zero-order chi connectivity index (χ0) is 47.0. The second-order valence-electron chi connectivity index (χ2n) is 17.6. The second kappa shape index (κ2) is 15.3. The maximum absolute atomic E-state index is 14.6. The largest absolute Gasteiger partial charge is 0.479 e. The highest BCUT2D eigenvalue weighted by Gasteiger charge is 2.49. The molecule has 332 valence electrons. The molecule has 4 aliphatic carbocycles. The summed E-state index contributed by atoms with van der Waals surface area (Å²) in [4.78, 5) is 32.8. The maximum Gasteiger partial charge on any atom is 0.194 e. The van der Waals surface area contributed by atoms with Gasteiger partial charge in [-0.1, -0.05) is 12.8 Å². The summed E-state index contributed by atoms with van der Waals surface area (Å²) in [6.45, 7) is 0. The molecule has 0 radical (unpaired) electrons. The van der Waals surface area contributed by atoms with Crippen LogP contribution in [0.1, 0.15) is 117 Å². The van der Waals surface area contributed by atoms with Crippen molar-refractivity contribution >= 4 is 89.6 Å². The van der Waals surface area contributed by atoms with Crippen molar-refractivity contribution in [3.05, 3.63) is 125 Å². The second-order valence-corrected chi connectivity index (χ2v) is 21.8. The molecule has 6 aliphatic rings. The average Bonchev–Trinajstić information content (AvgIpc) is 4.19. The summed E-state index contributed by atoms with van der Waals surface area (Å²) < 4.78 is 74.5. The van der Waals surface area contributed by atoms with Crippen LogP contribution in [0.15, 0.2) is 58.7 Å². The highest BCUT2D eigenvalue weighted by atomic mass is 32.1. The van der Waals surface area contributed by atoms with Crippen molar-refractivity contribution < 1.29 is 36.6 Å². The lowest BCUT2D eigenvalue weighted by Gasteiger charge is -2.41. The summed E-state index contributed by atoms with van der Waals surface area (Å²) in [5.74, 6) is -4.58. The Morgan fingerprint density at radius 3 is 1.21 bits per heavy atom. The van der Waals surface area contributed by atoms with Crippen molar-refractivity contribution in [2.75, 3.05) is 0 Å². The van der Waals surface area contributed by atoms with Crippen LogP contribution in [0.5, 0.6) is 11.5 Å². The van der Waals surface area contributed by atoms with Crippen molar-refractivity contribution in [1.82, 2.24) is 0 Å². The molecular formula is C52H28F4N4O4S4. The zero-order valence-electron chi connectivity index (χ0n) is 35.3. The average molecular weight is 977 g/mol. The van der Waals surface area contributed by atoms with Gasteiger partial charge in [0.15, 0.2) is 46.3 Å². The molecule has 0 atom stereocenters. The van der Waals surface area contributed by atoms with E-state index in [4.69, 9.17) is 9.47 Å². The van der Waals surface area contributed by atoms with Crippen LogP contribution in [0.3, 0.4) is 0 Å². The summed E-state index contributed by atoms with van der Waals surface area (Å²) in [6, 6.07) is 14.7. The molecule has 0 bridgehead atoms. The highest BCUT2D eigenvalue weighted by molar-refractivity contribution is 7.35. The summed E-state index contributed by atoms with van der Waals surface area (Å²) in [5.41, 5.74) is -0.567. The Labute approximate surface area is 400 Å². The van der Waals surface area contributed by atoms with Crippen LogP contribution in [0.4, 0.5) is 17.6 Å². The molecule has 16 heteroatoms. The number of nitriles is 4. The van der Waals surface area contributed by atoms with Crippen LogP contribution in [-0.2, 0) is 11.2 Å². The summed E-state index contributed by atoms with van der Waals surface area (Å²) in [6.07, 6.45) is 11.9. The van der Waals surface area contributed by atoms with Crippen LogP contribution < -0.4 is 9.47 Å². The third-order valence-electron chi connectivity index (χ3n) is 14.0. The van der Waals surface area contributed by atoms with Gasteiger partial charge in [0.25, 0.3) is 0 Å². The van der Waals surface area contributed by atoms with Crippen molar-refractivity contribution in [3.63, 3.8) is 0 Å². The Kier molecular flexibility index (Phi) is 9.55. The van der Waals surface area contributed by atoms with Gasteiger partial charge in [-0.25, -0.2) is 17.6 Å². The van der Waals surface area contributed by atoms with E-state index in [1.54, 1.807) is 34.8 Å². The first-order valence-corrected chi connectivity index (χ1v) is 25.1. The first kappa shape index (κ1) is 42.4. The SMILES string of the molecule is N#CC(C#N)=C1/C(=C/c2cc3c(s2)-c2sc4c5c(sc4c2OC32CCCCC2)-c2sc(/C=C3\C(=O)c4cc(F)c(F)cc4C3=C(C#N)C#N)cc2C2(CCCCC2)O5)C(=O)c2cc(F)c(F)cc21. The predicted octanol–water partition coefficient (Wildman–Crippen LogP) is 14.2. The number of ether oxygens (including phenoxy) is 2. The smallest absolute Gasteiger partial charge is 0.194 e. The monoisotopic (exact) mass is 976 g/mol. The van der Waals surface area contributed by atoms with Gasteiger partial charge in [-0.2, -0.15) is 21.0 Å². The summed E-state index contributed by atoms with van der Waals surface area (Å²) in [7, 11) is 0. The summed E-state index contributed by atoms with van der Waals surface area (Å²) >= 11 is 6.01. The van der Waals surface area contributed by atoms with E-state index in [1.165, 1.54) is 22.7 Å². The number of allylic oxidation sites excluding steroid dienone is 6. The Bertz CT molecular complexity index is 3420. The number of benzene rings is 2. The molecule has 0 amide bonds. The molecule has 2 aliphatic heterocycles. The molecule has 8 nitrogen and oxygen atoms in total. The Morgan fingerprint density at radius 1 is 0.500 bits per heavy atom. The number of nitrogens with zero attached hydrogens (tertiary/aromatic N) is 4. The van der Waals surface area contributed by atoms with Crippen LogP contribution >= 0.6 is 45.3 Å². The molecule has 68 heavy (non-hydrogen) atoms. The third-order valence-corrected chi connectivity index (χ3v) is 18.9. The maximum atomic E-state index is 14.6. The number of halogens is 4. The normalized spacial score (nSPS) is 19.1. The molecular weight excluding hydrogens is 949 g/mol. The van der Waals surface area contributed by atoms with Gasteiger partial charge in [-0.15, -0.1) is 45.3 Å². The molecule has 6 heterocycles. The van der Waals surface area contributed by atoms with E-state index in [9.17, 15) is 48.2 Å². The fourth-order valence-corrected chi connectivity index (χ4v) is 16.2. The van der Waals surface area contributed by atoms with Crippen LogP contribution in [-0.4, -0.2) is 11.6 Å². The number of carbonyl (C=O) groups is 2. The zero-order valence-corrected chi connectivity index (χ0v) is 38.5. The molecule has 4 aromatic heterocycles. The molecule has 2 saturated carbocycles. The molecule has 2 spiro atoms. The van der Waals surface area contributed by atoms with Crippen LogP contribution in [0.25, 0.3) is 52.2 Å². The van der Waals surface area contributed by atoms with Gasteiger partial charge < -0.3 is 9.47 Å². The lowest BCUT2D eigenvalue weighted by molar-refractivity contribution is 0.0258. The van der Waals surface area contributed by atoms with E-state index in [-0.39, 0.29) is 55.7 Å². The number of fused-ring (bicyclic) bond motifs is 13. The van der Waals surface area contributed by atoms with Crippen molar-refractivity contribution in [3.8, 4) is 55.3 Å². The molecule has 0 unspecified atom stereocenters. The minimum Gasteiger partial charge on any atom is -0.479 e. The molecule has 2 aromatic carbocycles. The first-order valence-electron chi connectivity index (χ1n) is 21.8. The van der Waals surface area contributed by atoms with Gasteiger partial charge in [0.1, 0.15) is 46.6 Å². The molecule has 2 fully saturated rings. The first-order chi connectivity index (χ1) is 32.9. The van der Waals surface area contributed by atoms with E-state index in [0.717, 1.165) is 140 Å². The number of hydrogen-bond acceptors (Lipinski definition) is 12. The molecule has 0 N–H and O–H groups in total. The van der Waals surface area contributed by atoms with E-state index in [0.29, 0.717) is 9.75 Å². The Hall–Kier alpha value is -6.92. The van der Waals surface area contributed by atoms with Crippen LogP contribution in [0, 0.1) is 68.6 Å². The summed E-state index contributed by atoms with van der Waals surface area (Å²) in [5, 5.41) is 39.7. The minimum absolute atomic E-state index is 0.00199. The number of rotatable bonds is 2. The van der Waals surface area contributed by atoms with Gasteiger partial charge in [-0.05, 0) is 111 Å². The number of ketones is 2. The van der Waals surface area contributed by atoms with Gasteiger partial charge >= 0.3 is 0 Å². The van der Waals surface area contributed by atoms with E-state index < -0.39 is 46.0 Å². The number of hydrogen-bond donors (Lipinski definition) is 0. The fourth-order valence-electron chi connectivity index (χ4n) is 10.9.